The number of carbonyl (C=O) groups is 1. The van der Waals surface area contributed by atoms with Crippen molar-refractivity contribution in [1.29, 1.82) is 0 Å². The maximum absolute atomic E-state index is 11.9. The molecule has 0 amide bonds. The topological polar surface area (TPSA) is 38.5 Å². The second kappa shape index (κ2) is 3.30. The van der Waals surface area contributed by atoms with Crippen LogP contribution in [0.15, 0.2) is 35.3 Å². The first-order valence-electron chi connectivity index (χ1n) is 5.44. The van der Waals surface area contributed by atoms with Gasteiger partial charge in [0, 0.05) is 24.2 Å². The third-order valence-electron chi connectivity index (χ3n) is 3.10. The van der Waals surface area contributed by atoms with E-state index in [4.69, 9.17) is 0 Å². The minimum Gasteiger partial charge on any atom is -0.294 e. The van der Waals surface area contributed by atoms with Crippen LogP contribution in [0.4, 0.5) is 0 Å². The Balaban J connectivity index is 2.50. The molecule has 0 radical (unpaired) electrons. The minimum atomic E-state index is -0.0518. The molecule has 0 atom stereocenters. The Morgan fingerprint density at radius 2 is 2.00 bits per heavy atom. The molecule has 16 heavy (non-hydrogen) atoms. The van der Waals surface area contributed by atoms with E-state index in [1.54, 1.807) is 22.7 Å². The van der Waals surface area contributed by atoms with Crippen LogP contribution in [0.1, 0.15) is 28.8 Å². The van der Waals surface area contributed by atoms with Crippen LogP contribution in [0.5, 0.6) is 0 Å². The van der Waals surface area contributed by atoms with E-state index in [0.29, 0.717) is 6.42 Å². The van der Waals surface area contributed by atoms with Crippen molar-refractivity contribution in [2.24, 2.45) is 0 Å². The molecular formula is C13H11NO2. The number of carbonyl (C=O) groups excluding carboxylic acids is 1. The molecule has 3 rings (SSSR count). The predicted molar refractivity (Wildman–Crippen MR) is 60.9 cm³/mol. The number of Topliss-reactive ketones (excluding diaryl/α,β-unsaturated/α-hetero) is 1. The van der Waals surface area contributed by atoms with Crippen LogP contribution in [0, 0.1) is 0 Å². The number of pyridine rings is 2. The number of aromatic nitrogens is 1. The maximum Gasteiger partial charge on any atom is 0.255 e. The lowest BCUT2D eigenvalue weighted by atomic mass is 9.90. The van der Waals surface area contributed by atoms with Gasteiger partial charge in [-0.05, 0) is 30.5 Å². The van der Waals surface area contributed by atoms with Crippen LogP contribution in [0.25, 0.3) is 5.52 Å². The molecule has 0 saturated heterocycles. The average molecular weight is 213 g/mol. The molecule has 3 heteroatoms. The van der Waals surface area contributed by atoms with Gasteiger partial charge in [-0.3, -0.25) is 14.0 Å². The van der Waals surface area contributed by atoms with Crippen LogP contribution < -0.4 is 5.56 Å². The van der Waals surface area contributed by atoms with Crippen molar-refractivity contribution in [2.75, 3.05) is 0 Å². The highest BCUT2D eigenvalue weighted by Crippen LogP contribution is 2.23. The maximum atomic E-state index is 11.9. The van der Waals surface area contributed by atoms with Crippen molar-refractivity contribution in [2.45, 2.75) is 19.3 Å². The van der Waals surface area contributed by atoms with Crippen molar-refractivity contribution in [3.63, 3.8) is 0 Å². The van der Waals surface area contributed by atoms with Crippen molar-refractivity contribution in [1.82, 2.24) is 4.40 Å². The molecule has 0 N–H and O–H groups in total. The normalized spacial score (nSPS) is 15.1. The van der Waals surface area contributed by atoms with E-state index in [1.165, 1.54) is 0 Å². The fourth-order valence-electron chi connectivity index (χ4n) is 2.38. The van der Waals surface area contributed by atoms with E-state index in [0.717, 1.165) is 29.5 Å². The summed E-state index contributed by atoms with van der Waals surface area (Å²) < 4.78 is 1.54. The Labute approximate surface area is 92.3 Å². The van der Waals surface area contributed by atoms with Gasteiger partial charge in [-0.15, -0.1) is 0 Å². The van der Waals surface area contributed by atoms with E-state index in [2.05, 4.69) is 0 Å². The number of rotatable bonds is 0. The predicted octanol–water partition coefficient (Wildman–Crippen LogP) is 1.82. The van der Waals surface area contributed by atoms with Gasteiger partial charge in [0.2, 0.25) is 0 Å². The SMILES string of the molecule is O=C1CCCc2cc(=O)n3ccccc3c21. The molecular weight excluding hydrogens is 202 g/mol. The van der Waals surface area contributed by atoms with Gasteiger partial charge in [-0.2, -0.15) is 0 Å². The Bertz CT molecular complexity index is 640. The second-order valence-corrected chi connectivity index (χ2v) is 4.12. The number of hydrogen-bond donors (Lipinski definition) is 0. The summed E-state index contributed by atoms with van der Waals surface area (Å²) in [6.07, 6.45) is 3.99. The number of fused-ring (bicyclic) bond motifs is 3. The zero-order valence-electron chi connectivity index (χ0n) is 8.77. The highest BCUT2D eigenvalue weighted by molar-refractivity contribution is 6.04. The van der Waals surface area contributed by atoms with E-state index in [1.807, 2.05) is 12.1 Å². The van der Waals surface area contributed by atoms with E-state index < -0.39 is 0 Å². The molecule has 2 heterocycles. The van der Waals surface area contributed by atoms with Gasteiger partial charge in [0.05, 0.1) is 5.52 Å². The van der Waals surface area contributed by atoms with Gasteiger partial charge in [-0.25, -0.2) is 0 Å². The van der Waals surface area contributed by atoms with Gasteiger partial charge in [-0.1, -0.05) is 6.07 Å². The average Bonchev–Trinajstić information content (AvgIpc) is 2.29. The van der Waals surface area contributed by atoms with Crippen LogP contribution in [-0.4, -0.2) is 10.2 Å². The zero-order valence-corrected chi connectivity index (χ0v) is 8.77. The van der Waals surface area contributed by atoms with E-state index in [-0.39, 0.29) is 11.3 Å². The lowest BCUT2D eigenvalue weighted by Gasteiger charge is -2.16. The first-order chi connectivity index (χ1) is 7.77. The molecule has 2 aromatic heterocycles. The minimum absolute atomic E-state index is 0.0518. The summed E-state index contributed by atoms with van der Waals surface area (Å²) in [7, 11) is 0. The van der Waals surface area contributed by atoms with Gasteiger partial charge in [0.1, 0.15) is 0 Å². The second-order valence-electron chi connectivity index (χ2n) is 4.12. The van der Waals surface area contributed by atoms with Crippen molar-refractivity contribution in [3.05, 3.63) is 51.9 Å². The van der Waals surface area contributed by atoms with Crippen molar-refractivity contribution >= 4 is 11.3 Å². The number of hydrogen-bond acceptors (Lipinski definition) is 2. The fraction of sp³-hybridized carbons (Fsp3) is 0.231. The van der Waals surface area contributed by atoms with Gasteiger partial charge < -0.3 is 0 Å². The molecule has 80 valence electrons. The number of aryl methyl sites for hydroxylation is 1. The molecule has 1 aliphatic carbocycles. The quantitative estimate of drug-likeness (QED) is 0.669. The van der Waals surface area contributed by atoms with Crippen LogP contribution >= 0.6 is 0 Å². The third kappa shape index (κ3) is 1.21. The Morgan fingerprint density at radius 1 is 1.12 bits per heavy atom. The lowest BCUT2D eigenvalue weighted by Crippen LogP contribution is -2.21. The van der Waals surface area contributed by atoms with Crippen molar-refractivity contribution < 1.29 is 4.79 Å². The van der Waals surface area contributed by atoms with Crippen LogP contribution in [-0.2, 0) is 6.42 Å². The van der Waals surface area contributed by atoms with E-state index >= 15 is 0 Å². The Kier molecular flexibility index (Phi) is 1.93. The Morgan fingerprint density at radius 3 is 2.88 bits per heavy atom. The summed E-state index contributed by atoms with van der Waals surface area (Å²) in [6.45, 7) is 0. The van der Waals surface area contributed by atoms with Gasteiger partial charge in [0.15, 0.2) is 5.78 Å². The molecule has 0 aromatic carbocycles. The molecule has 1 aliphatic rings. The number of nitrogens with zero attached hydrogens (tertiary/aromatic N) is 1. The zero-order chi connectivity index (χ0) is 11.1. The van der Waals surface area contributed by atoms with Gasteiger partial charge >= 0.3 is 0 Å². The summed E-state index contributed by atoms with van der Waals surface area (Å²) in [5.41, 5.74) is 2.35. The first kappa shape index (κ1) is 9.33. The summed E-state index contributed by atoms with van der Waals surface area (Å²) in [5.74, 6) is 0.157. The third-order valence-corrected chi connectivity index (χ3v) is 3.10. The van der Waals surface area contributed by atoms with Crippen LogP contribution in [0.2, 0.25) is 0 Å². The molecule has 0 bridgehead atoms. The molecule has 0 aliphatic heterocycles. The monoisotopic (exact) mass is 213 g/mol. The highest BCUT2D eigenvalue weighted by Gasteiger charge is 2.20. The van der Waals surface area contributed by atoms with Gasteiger partial charge in [0.25, 0.3) is 5.56 Å². The molecule has 0 fully saturated rings. The summed E-state index contributed by atoms with van der Waals surface area (Å²) in [6, 6.07) is 7.09. The Hall–Kier alpha value is -1.90. The summed E-state index contributed by atoms with van der Waals surface area (Å²) in [5, 5.41) is 0. The summed E-state index contributed by atoms with van der Waals surface area (Å²) >= 11 is 0. The van der Waals surface area contributed by atoms with Crippen molar-refractivity contribution in [3.8, 4) is 0 Å². The standard InChI is InChI=1S/C13H11NO2/c15-11-6-3-4-9-8-12(16)14-7-2-1-5-10(14)13(9)11/h1-2,5,7-8H,3-4,6H2. The fourth-order valence-corrected chi connectivity index (χ4v) is 2.38. The van der Waals surface area contributed by atoms with Crippen LogP contribution in [0.3, 0.4) is 0 Å². The summed E-state index contributed by atoms with van der Waals surface area (Å²) in [4.78, 5) is 23.7. The molecule has 0 unspecified atom stereocenters. The largest absolute Gasteiger partial charge is 0.294 e. The lowest BCUT2D eigenvalue weighted by molar-refractivity contribution is 0.0974. The highest BCUT2D eigenvalue weighted by atomic mass is 16.1. The van der Waals surface area contributed by atoms with E-state index in [9.17, 15) is 9.59 Å². The molecule has 2 aromatic rings. The molecule has 0 spiro atoms. The first-order valence-corrected chi connectivity index (χ1v) is 5.44. The molecule has 3 nitrogen and oxygen atoms in total. The smallest absolute Gasteiger partial charge is 0.255 e. The molecule has 0 saturated carbocycles. The number of ketones is 1.